The predicted octanol–water partition coefficient (Wildman–Crippen LogP) is 14.0. The summed E-state index contributed by atoms with van der Waals surface area (Å²) < 4.78 is 26.0. The fraction of sp³-hybridized carbons (Fsp3) is 0.232. The molecule has 2 aliphatic carbocycles. The molecule has 0 N–H and O–H groups in total. The van der Waals surface area contributed by atoms with Crippen molar-refractivity contribution in [3.05, 3.63) is 179 Å². The maximum atomic E-state index is 11.9. The molecule has 0 radical (unpaired) electrons. The van der Waals surface area contributed by atoms with Gasteiger partial charge in [0.05, 0.1) is 14.2 Å². The van der Waals surface area contributed by atoms with Crippen molar-refractivity contribution in [3.8, 4) is 51.0 Å². The van der Waals surface area contributed by atoms with E-state index in [0.29, 0.717) is 5.56 Å². The van der Waals surface area contributed by atoms with Crippen molar-refractivity contribution in [1.82, 2.24) is 0 Å². The van der Waals surface area contributed by atoms with Crippen LogP contribution in [0, 0.1) is 10.8 Å². The summed E-state index contributed by atoms with van der Waals surface area (Å²) in [5.74, 6) is 3.88. The number of ether oxygens (including phenoxy) is 4. The van der Waals surface area contributed by atoms with E-state index in [0.717, 1.165) is 92.9 Å². The lowest BCUT2D eigenvalue weighted by Crippen LogP contribution is -2.44. The number of benzene rings is 7. The number of rotatable bonds is 8. The average Bonchev–Trinajstić information content (AvgIpc) is 3.53. The Labute approximate surface area is 358 Å². The molecule has 1 saturated carbocycles. The Morgan fingerprint density at radius 3 is 1.85 bits per heavy atom. The van der Waals surface area contributed by atoms with Crippen molar-refractivity contribution in [2.75, 3.05) is 14.2 Å². The molecule has 1 heterocycles. The molecule has 3 aliphatic rings. The second-order valence-electron chi connectivity index (χ2n) is 18.7. The summed E-state index contributed by atoms with van der Waals surface area (Å²) in [6, 6.07) is 47.7. The number of carbonyl (C=O) groups is 1. The summed E-state index contributed by atoms with van der Waals surface area (Å²) >= 11 is 0. The standard InChI is InChI=1S/C56H50O5/c1-53(2)33-54(3,4)35-55(34-53)48-15-11-10-14-43(48)50-46-31-49(60-42-12-8-7-9-13-42)45(37-18-24-40(58-5)25-19-37)30-47(46)52-44(51(50)55)28-29-56(61-52,38-20-16-36(32-57)17-21-38)39-22-26-41(59-6)27-23-39/h7-32H,33-35H2,1-6H3. The molecule has 1 spiro atoms. The van der Waals surface area contributed by atoms with Gasteiger partial charge in [0.2, 0.25) is 0 Å². The highest BCUT2D eigenvalue weighted by molar-refractivity contribution is 6.10. The lowest BCUT2D eigenvalue weighted by Gasteiger charge is -2.52. The first-order valence-electron chi connectivity index (χ1n) is 21.2. The fourth-order valence-electron chi connectivity index (χ4n) is 11.5. The van der Waals surface area contributed by atoms with Gasteiger partial charge < -0.3 is 18.9 Å². The zero-order chi connectivity index (χ0) is 42.1. The number of carbonyl (C=O) groups excluding carboxylic acids is 1. The van der Waals surface area contributed by atoms with Gasteiger partial charge in [-0.2, -0.15) is 0 Å². The quantitative estimate of drug-likeness (QED) is 0.143. The van der Waals surface area contributed by atoms with E-state index in [-0.39, 0.29) is 16.2 Å². The Morgan fingerprint density at radius 1 is 0.607 bits per heavy atom. The number of fused-ring (bicyclic) bond motifs is 10. The summed E-state index contributed by atoms with van der Waals surface area (Å²) in [7, 11) is 3.37. The van der Waals surface area contributed by atoms with Gasteiger partial charge in [-0.25, -0.2) is 0 Å². The van der Waals surface area contributed by atoms with Gasteiger partial charge in [-0.3, -0.25) is 4.79 Å². The van der Waals surface area contributed by atoms with E-state index in [9.17, 15) is 4.79 Å². The molecule has 5 heteroatoms. The maximum Gasteiger partial charge on any atom is 0.178 e. The largest absolute Gasteiger partial charge is 0.497 e. The minimum absolute atomic E-state index is 0.0739. The van der Waals surface area contributed by atoms with Crippen molar-refractivity contribution >= 4 is 23.1 Å². The third-order valence-corrected chi connectivity index (χ3v) is 13.2. The summed E-state index contributed by atoms with van der Waals surface area (Å²) in [6.07, 6.45) is 8.60. The van der Waals surface area contributed by atoms with Gasteiger partial charge in [-0.15, -0.1) is 0 Å². The number of para-hydroxylation sites is 1. The molecule has 0 bridgehead atoms. The molecule has 1 fully saturated rings. The van der Waals surface area contributed by atoms with E-state index in [1.165, 1.54) is 22.3 Å². The lowest BCUT2D eigenvalue weighted by atomic mass is 9.52. The van der Waals surface area contributed by atoms with E-state index in [4.69, 9.17) is 18.9 Å². The molecule has 0 saturated heterocycles. The molecule has 5 nitrogen and oxygen atoms in total. The molecule has 61 heavy (non-hydrogen) atoms. The van der Waals surface area contributed by atoms with Gasteiger partial charge in [0, 0.05) is 38.6 Å². The van der Waals surface area contributed by atoms with Crippen LogP contribution in [0.4, 0.5) is 0 Å². The minimum atomic E-state index is -1.04. The Bertz CT molecular complexity index is 2830. The highest BCUT2D eigenvalue weighted by atomic mass is 16.5. The van der Waals surface area contributed by atoms with Gasteiger partial charge in [0.15, 0.2) is 5.60 Å². The molecule has 0 amide bonds. The first-order valence-corrected chi connectivity index (χ1v) is 21.2. The van der Waals surface area contributed by atoms with E-state index in [2.05, 4.69) is 101 Å². The Kier molecular flexibility index (Phi) is 9.03. The van der Waals surface area contributed by atoms with Crippen molar-refractivity contribution in [2.45, 2.75) is 58.0 Å². The van der Waals surface area contributed by atoms with Crippen LogP contribution in [0.3, 0.4) is 0 Å². The SMILES string of the molecule is COc1ccc(-c2cc3c4c(c5c(c3cc2Oc2ccccc2)-c2ccccc2C52CC(C)(C)CC(C)(C)C2)C=CC(c2ccc(C=O)cc2)(c2ccc(OC)cc2)O4)cc1. The molecule has 10 rings (SSSR count). The van der Waals surface area contributed by atoms with Gasteiger partial charge in [-0.05, 0) is 118 Å². The number of hydrogen-bond acceptors (Lipinski definition) is 5. The van der Waals surface area contributed by atoms with Crippen molar-refractivity contribution in [1.29, 1.82) is 0 Å². The van der Waals surface area contributed by atoms with Crippen molar-refractivity contribution < 1.29 is 23.7 Å². The average molecular weight is 803 g/mol. The van der Waals surface area contributed by atoms with E-state index < -0.39 is 5.60 Å². The highest BCUT2D eigenvalue weighted by Gasteiger charge is 2.55. The maximum absolute atomic E-state index is 11.9. The normalized spacial score (nSPS) is 18.7. The van der Waals surface area contributed by atoms with Crippen LogP contribution in [0.2, 0.25) is 0 Å². The Balaban J connectivity index is 1.33. The van der Waals surface area contributed by atoms with Crippen LogP contribution in [0.5, 0.6) is 28.7 Å². The minimum Gasteiger partial charge on any atom is -0.497 e. The molecule has 1 unspecified atom stereocenters. The van der Waals surface area contributed by atoms with Crippen molar-refractivity contribution in [2.24, 2.45) is 10.8 Å². The van der Waals surface area contributed by atoms with E-state index >= 15 is 0 Å². The van der Waals surface area contributed by atoms with Crippen LogP contribution in [0.1, 0.15) is 85.1 Å². The van der Waals surface area contributed by atoms with Gasteiger partial charge >= 0.3 is 0 Å². The van der Waals surface area contributed by atoms with Crippen LogP contribution >= 0.6 is 0 Å². The fourth-order valence-corrected chi connectivity index (χ4v) is 11.5. The second-order valence-corrected chi connectivity index (χ2v) is 18.7. The predicted molar refractivity (Wildman–Crippen MR) is 245 cm³/mol. The highest BCUT2D eigenvalue weighted by Crippen LogP contribution is 2.67. The van der Waals surface area contributed by atoms with Gasteiger partial charge in [0.1, 0.15) is 35.0 Å². The molecule has 1 atom stereocenters. The smallest absolute Gasteiger partial charge is 0.178 e. The molecular weight excluding hydrogens is 753 g/mol. The van der Waals surface area contributed by atoms with Crippen molar-refractivity contribution in [3.63, 3.8) is 0 Å². The molecule has 1 aliphatic heterocycles. The topological polar surface area (TPSA) is 54.0 Å². The van der Waals surface area contributed by atoms with Crippen LogP contribution in [0.15, 0.2) is 146 Å². The summed E-state index contributed by atoms with van der Waals surface area (Å²) in [6.45, 7) is 9.78. The molecule has 304 valence electrons. The monoisotopic (exact) mass is 802 g/mol. The molecular formula is C56H50O5. The molecule has 7 aromatic rings. The van der Waals surface area contributed by atoms with Crippen LogP contribution in [0.25, 0.3) is 39.1 Å². The van der Waals surface area contributed by atoms with Crippen LogP contribution in [-0.2, 0) is 11.0 Å². The summed E-state index contributed by atoms with van der Waals surface area (Å²) in [4.78, 5) is 11.9. The second kappa shape index (κ2) is 14.3. The van der Waals surface area contributed by atoms with Gasteiger partial charge in [-0.1, -0.05) is 125 Å². The zero-order valence-corrected chi connectivity index (χ0v) is 35.7. The number of hydrogen-bond donors (Lipinski definition) is 0. The molecule has 0 aromatic heterocycles. The third-order valence-electron chi connectivity index (χ3n) is 13.2. The molecule has 7 aromatic carbocycles. The Hall–Kier alpha value is -6.59. The number of aldehydes is 1. The van der Waals surface area contributed by atoms with E-state index in [1.54, 1.807) is 14.2 Å². The summed E-state index contributed by atoms with van der Waals surface area (Å²) in [5.41, 5.74) is 9.57. The lowest BCUT2D eigenvalue weighted by molar-refractivity contribution is 0.0641. The Morgan fingerprint density at radius 2 is 1.21 bits per heavy atom. The third kappa shape index (κ3) is 6.32. The van der Waals surface area contributed by atoms with Crippen LogP contribution in [-0.4, -0.2) is 20.5 Å². The summed E-state index contributed by atoms with van der Waals surface area (Å²) in [5, 5.41) is 2.07. The van der Waals surface area contributed by atoms with E-state index in [1.807, 2.05) is 78.9 Å². The van der Waals surface area contributed by atoms with Crippen LogP contribution < -0.4 is 18.9 Å². The van der Waals surface area contributed by atoms with Gasteiger partial charge in [0.25, 0.3) is 0 Å². The first kappa shape index (κ1) is 38.6. The zero-order valence-electron chi connectivity index (χ0n) is 35.7. The first-order chi connectivity index (χ1) is 29.5. The number of methoxy groups -OCH3 is 2.